The predicted octanol–water partition coefficient (Wildman–Crippen LogP) is 4.41. The van der Waals surface area contributed by atoms with Gasteiger partial charge in [0.1, 0.15) is 0 Å². The van der Waals surface area contributed by atoms with Gasteiger partial charge in [-0.15, -0.1) is 0 Å². The number of hydrogen-bond donors (Lipinski definition) is 0. The Bertz CT molecular complexity index is 1250. The molecule has 37 heavy (non-hydrogen) atoms. The van der Waals surface area contributed by atoms with E-state index in [-0.39, 0.29) is 5.60 Å². The maximum absolute atomic E-state index is 12.5. The lowest BCUT2D eigenvalue weighted by Crippen LogP contribution is -2.49. The number of methoxy groups -OCH3 is 1. The Balaban J connectivity index is 1.19. The second-order valence-corrected chi connectivity index (χ2v) is 11.3. The molecule has 6 rings (SSSR count). The quantitative estimate of drug-likeness (QED) is 0.501. The zero-order valence-corrected chi connectivity index (χ0v) is 22.4. The molecule has 7 nitrogen and oxygen atoms in total. The maximum atomic E-state index is 12.5. The first kappa shape index (κ1) is 24.4. The van der Waals surface area contributed by atoms with Crippen molar-refractivity contribution in [1.82, 2.24) is 19.4 Å². The molecule has 0 atom stereocenters. The average Bonchev–Trinajstić information content (AvgIpc) is 3.70. The Morgan fingerprint density at radius 1 is 0.973 bits per heavy atom. The van der Waals surface area contributed by atoms with Crippen molar-refractivity contribution in [2.24, 2.45) is 5.92 Å². The standard InChI is InChI=1S/C30H39N5O2/c1-22(2)32-14-11-30(37-3,12-15-32)26-8-6-23(7-9-26)25-20-28-27(10-13-31-35(28)21-25)33-16-18-34(19-17-33)29(36)24-4-5-24/h6-10,13,20-22,24H,4-5,11-12,14-19H2,1-3H3. The molecule has 2 saturated heterocycles. The number of hydrogen-bond acceptors (Lipinski definition) is 5. The minimum absolute atomic E-state index is 0.201. The number of benzene rings is 1. The molecule has 2 aromatic heterocycles. The van der Waals surface area contributed by atoms with Gasteiger partial charge >= 0.3 is 0 Å². The minimum Gasteiger partial charge on any atom is -0.373 e. The number of anilines is 1. The molecular formula is C30H39N5O2. The Hall–Kier alpha value is -2.90. The number of ether oxygens (including phenoxy) is 1. The van der Waals surface area contributed by atoms with Crippen molar-refractivity contribution in [3.05, 3.63) is 54.4 Å². The number of fused-ring (bicyclic) bond motifs is 1. The molecule has 0 spiro atoms. The van der Waals surface area contributed by atoms with E-state index in [0.29, 0.717) is 17.9 Å². The van der Waals surface area contributed by atoms with Crippen LogP contribution in [-0.2, 0) is 15.1 Å². The number of carbonyl (C=O) groups excluding carboxylic acids is 1. The van der Waals surface area contributed by atoms with Crippen molar-refractivity contribution in [2.75, 3.05) is 51.3 Å². The van der Waals surface area contributed by atoms with Gasteiger partial charge in [-0.3, -0.25) is 4.79 Å². The van der Waals surface area contributed by atoms with Crippen LogP contribution < -0.4 is 4.90 Å². The Labute approximate surface area is 220 Å². The van der Waals surface area contributed by atoms with Crippen LogP contribution in [-0.4, -0.2) is 77.7 Å². The van der Waals surface area contributed by atoms with Crippen LogP contribution in [0.25, 0.3) is 16.6 Å². The molecule has 196 valence electrons. The number of carbonyl (C=O) groups is 1. The summed E-state index contributed by atoms with van der Waals surface area (Å²) in [6.07, 6.45) is 8.17. The summed E-state index contributed by atoms with van der Waals surface area (Å²) in [6, 6.07) is 13.9. The lowest BCUT2D eigenvalue weighted by atomic mass is 9.83. The number of piperidine rings is 1. The Kier molecular flexibility index (Phi) is 6.45. The third-order valence-corrected chi connectivity index (χ3v) is 8.82. The summed E-state index contributed by atoms with van der Waals surface area (Å²) < 4.78 is 8.12. The highest BCUT2D eigenvalue weighted by Crippen LogP contribution is 2.38. The van der Waals surface area contributed by atoms with Crippen molar-refractivity contribution in [3.63, 3.8) is 0 Å². The van der Waals surface area contributed by atoms with Crippen LogP contribution in [0.15, 0.2) is 48.8 Å². The molecule has 0 radical (unpaired) electrons. The molecule has 3 aliphatic rings. The normalized spacial score (nSPS) is 20.6. The molecule has 0 N–H and O–H groups in total. The van der Waals surface area contributed by atoms with E-state index in [1.807, 2.05) is 17.8 Å². The SMILES string of the molecule is COC1(c2ccc(-c3cc4c(N5CCN(C(=O)C6CC6)CC5)ccnn4c3)cc2)CCN(C(C)C)CC1. The predicted molar refractivity (Wildman–Crippen MR) is 147 cm³/mol. The summed E-state index contributed by atoms with van der Waals surface area (Å²) in [5.41, 5.74) is 5.71. The van der Waals surface area contributed by atoms with Crippen LogP contribution in [0, 0.1) is 5.92 Å². The van der Waals surface area contributed by atoms with Crippen LogP contribution in [0.3, 0.4) is 0 Å². The average molecular weight is 502 g/mol. The van der Waals surface area contributed by atoms with E-state index in [1.54, 1.807) is 0 Å². The smallest absolute Gasteiger partial charge is 0.225 e. The van der Waals surface area contributed by atoms with Crippen LogP contribution in [0.5, 0.6) is 0 Å². The highest BCUT2D eigenvalue weighted by Gasteiger charge is 2.37. The first-order chi connectivity index (χ1) is 18.0. The number of likely N-dealkylation sites (tertiary alicyclic amines) is 1. The third-order valence-electron chi connectivity index (χ3n) is 8.82. The molecule has 3 aromatic rings. The molecule has 0 unspecified atom stereocenters. The molecule has 1 saturated carbocycles. The van der Waals surface area contributed by atoms with Crippen LogP contribution in [0.2, 0.25) is 0 Å². The summed E-state index contributed by atoms with van der Waals surface area (Å²) in [5.74, 6) is 0.652. The lowest BCUT2D eigenvalue weighted by molar-refractivity contribution is -0.132. The van der Waals surface area contributed by atoms with Gasteiger partial charge in [-0.05, 0) is 62.8 Å². The van der Waals surface area contributed by atoms with Gasteiger partial charge in [-0.2, -0.15) is 5.10 Å². The number of aromatic nitrogens is 2. The van der Waals surface area contributed by atoms with Gasteiger partial charge in [0.2, 0.25) is 5.91 Å². The second-order valence-electron chi connectivity index (χ2n) is 11.3. The largest absolute Gasteiger partial charge is 0.373 e. The van der Waals surface area contributed by atoms with Crippen molar-refractivity contribution >= 4 is 17.1 Å². The Morgan fingerprint density at radius 2 is 1.68 bits per heavy atom. The summed E-state index contributed by atoms with van der Waals surface area (Å²) in [7, 11) is 1.86. The molecule has 3 fully saturated rings. The maximum Gasteiger partial charge on any atom is 0.225 e. The molecular weight excluding hydrogens is 462 g/mol. The zero-order chi connectivity index (χ0) is 25.6. The summed E-state index contributed by atoms with van der Waals surface area (Å²) in [6.45, 7) is 10.00. The first-order valence-corrected chi connectivity index (χ1v) is 13.9. The van der Waals surface area contributed by atoms with E-state index >= 15 is 0 Å². The van der Waals surface area contributed by atoms with E-state index in [0.717, 1.165) is 76.0 Å². The van der Waals surface area contributed by atoms with Gasteiger partial charge in [-0.25, -0.2) is 4.52 Å². The molecule has 7 heteroatoms. The fourth-order valence-electron chi connectivity index (χ4n) is 6.16. The van der Waals surface area contributed by atoms with Crippen LogP contribution in [0.1, 0.15) is 45.1 Å². The van der Waals surface area contributed by atoms with E-state index in [1.165, 1.54) is 16.8 Å². The second kappa shape index (κ2) is 9.76. The molecule has 0 bridgehead atoms. The molecule has 4 heterocycles. The van der Waals surface area contributed by atoms with Crippen molar-refractivity contribution in [3.8, 4) is 11.1 Å². The minimum atomic E-state index is -0.201. The van der Waals surface area contributed by atoms with E-state index < -0.39 is 0 Å². The first-order valence-electron chi connectivity index (χ1n) is 13.9. The van der Waals surface area contributed by atoms with E-state index in [4.69, 9.17) is 4.74 Å². The monoisotopic (exact) mass is 501 g/mol. The summed E-state index contributed by atoms with van der Waals surface area (Å²) >= 11 is 0. The van der Waals surface area contributed by atoms with Gasteiger partial charge < -0.3 is 19.4 Å². The number of rotatable bonds is 6. The van der Waals surface area contributed by atoms with Crippen LogP contribution >= 0.6 is 0 Å². The summed E-state index contributed by atoms with van der Waals surface area (Å²) in [5, 5.41) is 4.59. The Morgan fingerprint density at radius 3 is 2.30 bits per heavy atom. The van der Waals surface area contributed by atoms with Crippen molar-refractivity contribution in [1.29, 1.82) is 0 Å². The van der Waals surface area contributed by atoms with Crippen LogP contribution in [0.4, 0.5) is 5.69 Å². The fraction of sp³-hybridized carbons (Fsp3) is 0.533. The molecule has 1 aliphatic carbocycles. The number of nitrogens with zero attached hydrogens (tertiary/aromatic N) is 5. The highest BCUT2D eigenvalue weighted by atomic mass is 16.5. The number of amides is 1. The zero-order valence-electron chi connectivity index (χ0n) is 22.4. The van der Waals surface area contributed by atoms with E-state index in [9.17, 15) is 4.79 Å². The highest BCUT2D eigenvalue weighted by molar-refractivity contribution is 5.82. The van der Waals surface area contributed by atoms with Crippen molar-refractivity contribution in [2.45, 2.75) is 51.2 Å². The summed E-state index contributed by atoms with van der Waals surface area (Å²) in [4.78, 5) is 19.4. The fourth-order valence-corrected chi connectivity index (χ4v) is 6.16. The molecule has 1 amide bonds. The van der Waals surface area contributed by atoms with Crippen molar-refractivity contribution < 1.29 is 9.53 Å². The molecule has 1 aromatic carbocycles. The molecule has 2 aliphatic heterocycles. The van der Waals surface area contributed by atoms with Gasteiger partial charge in [-0.1, -0.05) is 24.3 Å². The third kappa shape index (κ3) is 4.64. The van der Waals surface area contributed by atoms with E-state index in [2.05, 4.69) is 76.2 Å². The number of piperazine rings is 1. The van der Waals surface area contributed by atoms with Gasteiger partial charge in [0.05, 0.1) is 16.8 Å². The van der Waals surface area contributed by atoms with Gasteiger partial charge in [0, 0.05) is 76.3 Å². The topological polar surface area (TPSA) is 53.3 Å². The van der Waals surface area contributed by atoms with Gasteiger partial charge in [0.15, 0.2) is 0 Å². The van der Waals surface area contributed by atoms with Gasteiger partial charge in [0.25, 0.3) is 0 Å². The lowest BCUT2D eigenvalue weighted by Gasteiger charge is -2.42.